The fraction of sp³-hybridized carbons (Fsp3) is 0.526. The van der Waals surface area contributed by atoms with Crippen LogP contribution in [0.2, 0.25) is 0 Å². The van der Waals surface area contributed by atoms with Gasteiger partial charge < -0.3 is 19.1 Å². The third kappa shape index (κ3) is 3.99. The molecule has 1 unspecified atom stereocenters. The first kappa shape index (κ1) is 19.0. The van der Waals surface area contributed by atoms with Crippen LogP contribution in [-0.2, 0) is 14.2 Å². The summed E-state index contributed by atoms with van der Waals surface area (Å²) in [6.45, 7) is 6.54. The topological polar surface area (TPSA) is 85.4 Å². The minimum absolute atomic E-state index is 0.296. The number of esters is 1. The van der Waals surface area contributed by atoms with Crippen LogP contribution in [-0.4, -0.2) is 61.0 Å². The summed E-state index contributed by atoms with van der Waals surface area (Å²) in [4.78, 5) is 39.3. The van der Waals surface area contributed by atoms with Crippen molar-refractivity contribution in [1.29, 1.82) is 0 Å². The number of ether oxygens (including phenoxy) is 3. The smallest absolute Gasteiger partial charge is 0.415 e. The molecule has 0 N–H and O–H groups in total. The van der Waals surface area contributed by atoms with Crippen LogP contribution in [0, 0.1) is 0 Å². The molecule has 8 heteroatoms. The minimum Gasteiger partial charge on any atom is -0.465 e. The maximum Gasteiger partial charge on any atom is 0.415 e. The second-order valence-corrected chi connectivity index (χ2v) is 7.83. The first-order valence-corrected chi connectivity index (χ1v) is 8.79. The number of rotatable bonds is 2. The Morgan fingerprint density at radius 1 is 1.15 bits per heavy atom. The summed E-state index contributed by atoms with van der Waals surface area (Å²) in [5.74, 6) is -0.439. The third-order valence-corrected chi connectivity index (χ3v) is 4.54. The van der Waals surface area contributed by atoms with Crippen LogP contribution in [0.5, 0.6) is 0 Å². The summed E-state index contributed by atoms with van der Waals surface area (Å²) in [6, 6.07) is 6.54. The zero-order valence-electron chi connectivity index (χ0n) is 16.0. The highest BCUT2D eigenvalue weighted by molar-refractivity contribution is 5.93. The summed E-state index contributed by atoms with van der Waals surface area (Å²) in [5.41, 5.74) is -0.289. The van der Waals surface area contributed by atoms with Crippen molar-refractivity contribution in [3.8, 4) is 0 Å². The van der Waals surface area contributed by atoms with Gasteiger partial charge in [0.25, 0.3) is 0 Å². The predicted octanol–water partition coefficient (Wildman–Crippen LogP) is 2.81. The Hall–Kier alpha value is -2.77. The average Bonchev–Trinajstić information content (AvgIpc) is 3.16. The van der Waals surface area contributed by atoms with Gasteiger partial charge in [0.2, 0.25) is 0 Å². The first-order chi connectivity index (χ1) is 12.6. The molecule has 2 amide bonds. The highest BCUT2D eigenvalue weighted by atomic mass is 16.6. The van der Waals surface area contributed by atoms with Gasteiger partial charge in [-0.1, -0.05) is 0 Å². The monoisotopic (exact) mass is 376 g/mol. The molecule has 1 spiro atoms. The Morgan fingerprint density at radius 3 is 2.41 bits per heavy atom. The number of hydrogen-bond donors (Lipinski definition) is 0. The van der Waals surface area contributed by atoms with Crippen LogP contribution in [0.1, 0.15) is 37.6 Å². The van der Waals surface area contributed by atoms with Gasteiger partial charge in [-0.2, -0.15) is 0 Å². The molecular weight excluding hydrogens is 352 g/mol. The van der Waals surface area contributed by atoms with E-state index in [1.54, 1.807) is 29.2 Å². The molecule has 8 nitrogen and oxygen atoms in total. The molecular formula is C19H24N2O6. The summed E-state index contributed by atoms with van der Waals surface area (Å²) in [5, 5.41) is 0. The van der Waals surface area contributed by atoms with Crippen LogP contribution in [0.25, 0.3) is 0 Å². The number of anilines is 1. The minimum atomic E-state index is -0.741. The maximum atomic E-state index is 12.4. The SMILES string of the molecule is COC(=O)c1ccc(N2CC3(CCN(C(=O)OC(C)(C)C)C3)OC2=O)cc1. The summed E-state index contributed by atoms with van der Waals surface area (Å²) in [7, 11) is 1.31. The molecule has 2 saturated heterocycles. The van der Waals surface area contributed by atoms with Gasteiger partial charge in [-0.05, 0) is 45.0 Å². The molecule has 0 bridgehead atoms. The molecule has 2 aliphatic rings. The van der Waals surface area contributed by atoms with Crippen molar-refractivity contribution < 1.29 is 28.6 Å². The van der Waals surface area contributed by atoms with Gasteiger partial charge >= 0.3 is 18.2 Å². The molecule has 1 aromatic carbocycles. The van der Waals surface area contributed by atoms with E-state index in [0.717, 1.165) is 0 Å². The summed E-state index contributed by atoms with van der Waals surface area (Å²) in [6.07, 6.45) is -0.322. The van der Waals surface area contributed by atoms with E-state index in [-0.39, 0.29) is 0 Å². The van der Waals surface area contributed by atoms with Crippen molar-refractivity contribution >= 4 is 23.8 Å². The Balaban J connectivity index is 1.69. The van der Waals surface area contributed by atoms with Crippen LogP contribution in [0.3, 0.4) is 0 Å². The van der Waals surface area contributed by atoms with Crippen molar-refractivity contribution in [3.63, 3.8) is 0 Å². The fourth-order valence-electron chi connectivity index (χ4n) is 3.26. The molecule has 0 saturated carbocycles. The molecule has 0 aromatic heterocycles. The van der Waals surface area contributed by atoms with E-state index in [1.807, 2.05) is 20.8 Å². The lowest BCUT2D eigenvalue weighted by Gasteiger charge is -2.25. The van der Waals surface area contributed by atoms with Crippen LogP contribution < -0.4 is 4.90 Å². The van der Waals surface area contributed by atoms with Crippen molar-refractivity contribution in [3.05, 3.63) is 29.8 Å². The largest absolute Gasteiger partial charge is 0.465 e. The van der Waals surface area contributed by atoms with E-state index in [4.69, 9.17) is 9.47 Å². The highest BCUT2D eigenvalue weighted by Crippen LogP contribution is 2.35. The van der Waals surface area contributed by atoms with E-state index in [1.165, 1.54) is 12.0 Å². The second kappa shape index (κ2) is 6.75. The van der Waals surface area contributed by atoms with Gasteiger partial charge in [-0.15, -0.1) is 0 Å². The Labute approximate surface area is 158 Å². The predicted molar refractivity (Wildman–Crippen MR) is 96.8 cm³/mol. The average molecular weight is 376 g/mol. The summed E-state index contributed by atoms with van der Waals surface area (Å²) >= 11 is 0. The van der Waals surface area contributed by atoms with Crippen LogP contribution in [0.15, 0.2) is 24.3 Å². The Bertz CT molecular complexity index is 754. The zero-order valence-corrected chi connectivity index (χ0v) is 16.0. The van der Waals surface area contributed by atoms with Gasteiger partial charge in [0.15, 0.2) is 5.60 Å². The number of carbonyl (C=O) groups is 3. The van der Waals surface area contributed by atoms with E-state index in [0.29, 0.717) is 37.3 Å². The fourth-order valence-corrected chi connectivity index (χ4v) is 3.26. The van der Waals surface area contributed by atoms with Crippen molar-refractivity contribution in [2.24, 2.45) is 0 Å². The molecule has 2 aliphatic heterocycles. The molecule has 146 valence electrons. The highest BCUT2D eigenvalue weighted by Gasteiger charge is 2.51. The van der Waals surface area contributed by atoms with Crippen molar-refractivity contribution in [2.75, 3.05) is 31.6 Å². The molecule has 2 heterocycles. The Morgan fingerprint density at radius 2 is 1.81 bits per heavy atom. The molecule has 1 atom stereocenters. The zero-order chi connectivity index (χ0) is 19.8. The molecule has 27 heavy (non-hydrogen) atoms. The number of nitrogens with zero attached hydrogens (tertiary/aromatic N) is 2. The van der Waals surface area contributed by atoms with Gasteiger partial charge in [0, 0.05) is 18.7 Å². The lowest BCUT2D eigenvalue weighted by molar-refractivity contribution is 0.0200. The van der Waals surface area contributed by atoms with Gasteiger partial charge in [0.05, 0.1) is 25.8 Å². The molecule has 0 radical (unpaired) electrons. The van der Waals surface area contributed by atoms with E-state index in [9.17, 15) is 14.4 Å². The van der Waals surface area contributed by atoms with Crippen LogP contribution in [0.4, 0.5) is 15.3 Å². The van der Waals surface area contributed by atoms with Gasteiger partial charge in [0.1, 0.15) is 5.60 Å². The summed E-state index contributed by atoms with van der Waals surface area (Å²) < 4.78 is 15.7. The van der Waals surface area contributed by atoms with Crippen LogP contribution >= 0.6 is 0 Å². The number of carbonyl (C=O) groups excluding carboxylic acids is 3. The number of benzene rings is 1. The Kier molecular flexibility index (Phi) is 4.75. The van der Waals surface area contributed by atoms with Crippen molar-refractivity contribution in [1.82, 2.24) is 4.90 Å². The van der Waals surface area contributed by atoms with Gasteiger partial charge in [-0.25, -0.2) is 14.4 Å². The molecule has 0 aliphatic carbocycles. The van der Waals surface area contributed by atoms with E-state index in [2.05, 4.69) is 4.74 Å². The first-order valence-electron chi connectivity index (χ1n) is 8.79. The number of amides is 2. The molecule has 1 aromatic rings. The van der Waals surface area contributed by atoms with Gasteiger partial charge in [-0.3, -0.25) is 4.90 Å². The normalized spacial score (nSPS) is 22.1. The third-order valence-electron chi connectivity index (χ3n) is 4.54. The molecule has 3 rings (SSSR count). The second-order valence-electron chi connectivity index (χ2n) is 7.83. The quantitative estimate of drug-likeness (QED) is 0.583. The number of hydrogen-bond acceptors (Lipinski definition) is 6. The maximum absolute atomic E-state index is 12.4. The van der Waals surface area contributed by atoms with Crippen molar-refractivity contribution in [2.45, 2.75) is 38.4 Å². The lowest BCUT2D eigenvalue weighted by atomic mass is 10.0. The standard InChI is InChI=1S/C19H24N2O6/c1-18(2,3)26-16(23)20-10-9-19(11-20)12-21(17(24)27-19)14-7-5-13(6-8-14)15(22)25-4/h5-8H,9-12H2,1-4H3. The number of likely N-dealkylation sites (tertiary alicyclic amines) is 1. The van der Waals surface area contributed by atoms with E-state index >= 15 is 0 Å². The number of methoxy groups -OCH3 is 1. The lowest BCUT2D eigenvalue weighted by Crippen LogP contribution is -2.41. The molecule has 2 fully saturated rings. The van der Waals surface area contributed by atoms with E-state index < -0.39 is 29.4 Å².